The number of aromatic nitrogens is 2. The zero-order valence-corrected chi connectivity index (χ0v) is 19.0. The molecule has 0 saturated carbocycles. The number of nitrogens with two attached hydrogens (primary N) is 1. The van der Waals surface area contributed by atoms with Crippen LogP contribution in [0.5, 0.6) is 0 Å². The van der Waals surface area contributed by atoms with Gasteiger partial charge >= 0.3 is 0 Å². The number of fused-ring (bicyclic) bond motifs is 1. The summed E-state index contributed by atoms with van der Waals surface area (Å²) in [6.45, 7) is 3.83. The van der Waals surface area contributed by atoms with Gasteiger partial charge in [0, 0.05) is 27.7 Å². The molecule has 0 saturated heterocycles. The number of rotatable bonds is 8. The first-order valence-corrected chi connectivity index (χ1v) is 11.6. The molecule has 0 bridgehead atoms. The smallest absolute Gasteiger partial charge is 0.179 e. The minimum Gasteiger partial charge on any atom is -0.452 e. The van der Waals surface area contributed by atoms with Gasteiger partial charge in [-0.25, -0.2) is 14.4 Å². The van der Waals surface area contributed by atoms with Gasteiger partial charge in [0.25, 0.3) is 0 Å². The van der Waals surface area contributed by atoms with Gasteiger partial charge in [-0.2, -0.15) is 0 Å². The third kappa shape index (κ3) is 4.70. The van der Waals surface area contributed by atoms with E-state index in [1.54, 1.807) is 43.8 Å². The van der Waals surface area contributed by atoms with E-state index in [4.69, 9.17) is 10.2 Å². The number of hydrogen-bond donors (Lipinski definition) is 2. The van der Waals surface area contributed by atoms with Crippen molar-refractivity contribution in [1.82, 2.24) is 9.97 Å². The summed E-state index contributed by atoms with van der Waals surface area (Å²) in [4.78, 5) is 9.78. The third-order valence-electron chi connectivity index (χ3n) is 5.23. The topological polar surface area (TPSA) is 85.2 Å². The molecule has 0 aliphatic rings. The van der Waals surface area contributed by atoms with Gasteiger partial charge < -0.3 is 15.3 Å². The summed E-state index contributed by atoms with van der Waals surface area (Å²) in [6, 6.07) is 14.9. The summed E-state index contributed by atoms with van der Waals surface area (Å²) < 4.78 is 21.3. The van der Waals surface area contributed by atoms with Gasteiger partial charge in [0.1, 0.15) is 29.1 Å². The van der Waals surface area contributed by atoms with Crippen LogP contribution in [0.2, 0.25) is 0 Å². The molecule has 0 radical (unpaired) electrons. The highest BCUT2D eigenvalue weighted by Crippen LogP contribution is 2.36. The Morgan fingerprint density at radius 2 is 1.88 bits per heavy atom. The summed E-state index contributed by atoms with van der Waals surface area (Å²) in [6.07, 6.45) is 3.53. The van der Waals surface area contributed by atoms with Gasteiger partial charge in [-0.05, 0) is 57.2 Å². The summed E-state index contributed by atoms with van der Waals surface area (Å²) >= 11 is 1.80. The van der Waals surface area contributed by atoms with E-state index in [1.807, 2.05) is 18.2 Å². The van der Waals surface area contributed by atoms with E-state index >= 15 is 4.39 Å². The Hall–Kier alpha value is -2.74. The maximum Gasteiger partial charge on any atom is 0.179 e. The molecule has 166 valence electrons. The molecule has 2 heterocycles. The van der Waals surface area contributed by atoms with E-state index in [-0.39, 0.29) is 11.1 Å². The number of unbranched alkanes of at least 4 members (excludes halogenated alkanes) is 1. The van der Waals surface area contributed by atoms with Crippen molar-refractivity contribution >= 4 is 22.9 Å². The normalized spacial score (nSPS) is 11.9. The monoisotopic (exact) mass is 451 g/mol. The van der Waals surface area contributed by atoms with Crippen LogP contribution in [0.4, 0.5) is 4.39 Å². The van der Waals surface area contributed by atoms with E-state index in [0.717, 1.165) is 30.7 Å². The van der Waals surface area contributed by atoms with Crippen LogP contribution in [0.15, 0.2) is 64.2 Å². The van der Waals surface area contributed by atoms with Crippen LogP contribution >= 0.6 is 11.8 Å². The van der Waals surface area contributed by atoms with Crippen molar-refractivity contribution in [3.63, 3.8) is 0 Å². The average molecular weight is 452 g/mol. The average Bonchev–Trinajstić information content (AvgIpc) is 3.21. The molecule has 2 aromatic carbocycles. The Morgan fingerprint density at radius 3 is 2.59 bits per heavy atom. The highest BCUT2D eigenvalue weighted by Gasteiger charge is 2.24. The van der Waals surface area contributed by atoms with Gasteiger partial charge in [-0.1, -0.05) is 24.3 Å². The minimum atomic E-state index is -1.31. The second-order valence-corrected chi connectivity index (χ2v) is 9.31. The van der Waals surface area contributed by atoms with Crippen LogP contribution in [0.1, 0.15) is 32.3 Å². The summed E-state index contributed by atoms with van der Waals surface area (Å²) in [5, 5.41) is 10.3. The van der Waals surface area contributed by atoms with Gasteiger partial charge in [0.05, 0.1) is 5.60 Å². The lowest BCUT2D eigenvalue weighted by Crippen LogP contribution is -2.18. The van der Waals surface area contributed by atoms with Crippen molar-refractivity contribution in [3.05, 3.63) is 66.2 Å². The quantitative estimate of drug-likeness (QED) is 0.262. The Morgan fingerprint density at radius 1 is 1.09 bits per heavy atom. The summed E-state index contributed by atoms with van der Waals surface area (Å²) in [5.74, 6) is 1.16. The lowest BCUT2D eigenvalue weighted by atomic mass is 9.94. The molecule has 0 amide bonds. The predicted molar refractivity (Wildman–Crippen MR) is 127 cm³/mol. The fraction of sp³-hybridized carbons (Fsp3) is 0.280. The van der Waals surface area contributed by atoms with Crippen LogP contribution in [0.25, 0.3) is 33.7 Å². The molecule has 3 N–H and O–H groups in total. The van der Waals surface area contributed by atoms with Crippen molar-refractivity contribution in [1.29, 1.82) is 0 Å². The van der Waals surface area contributed by atoms with Crippen molar-refractivity contribution < 1.29 is 13.9 Å². The first kappa shape index (κ1) is 22.5. The lowest BCUT2D eigenvalue weighted by molar-refractivity contribution is 0.0746. The van der Waals surface area contributed by atoms with Crippen LogP contribution in [-0.4, -0.2) is 27.4 Å². The second-order valence-electron chi connectivity index (χ2n) is 8.14. The van der Waals surface area contributed by atoms with E-state index in [1.165, 1.54) is 11.2 Å². The second kappa shape index (κ2) is 9.40. The molecule has 2 aromatic heterocycles. The first-order chi connectivity index (χ1) is 15.4. The molecule has 0 aliphatic carbocycles. The van der Waals surface area contributed by atoms with Crippen LogP contribution in [-0.2, 0) is 5.60 Å². The number of hydrogen-bond acceptors (Lipinski definition) is 6. The van der Waals surface area contributed by atoms with Crippen molar-refractivity contribution in [2.45, 2.75) is 37.2 Å². The number of halogens is 1. The Labute approximate surface area is 190 Å². The van der Waals surface area contributed by atoms with Crippen LogP contribution in [0, 0.1) is 5.82 Å². The molecule has 32 heavy (non-hydrogen) atoms. The molecule has 4 aromatic rings. The number of nitrogens with zero attached hydrogens (tertiary/aromatic N) is 2. The summed E-state index contributed by atoms with van der Waals surface area (Å²) in [5.41, 5.74) is 6.97. The van der Waals surface area contributed by atoms with E-state index in [9.17, 15) is 5.11 Å². The lowest BCUT2D eigenvalue weighted by Gasteiger charge is -2.19. The fourth-order valence-electron chi connectivity index (χ4n) is 3.53. The molecule has 0 unspecified atom stereocenters. The standard InChI is InChI=1S/C25H26FN3O2S/c1-25(2,30)19-7-5-6-18(22(19)26)23-24-20(28-15-29-23)14-21(31-24)16-8-10-17(11-9-16)32-13-4-3-12-27/h5-11,14-15,30H,3-4,12-13,27H2,1-2H3. The maximum absolute atomic E-state index is 15.2. The van der Waals surface area contributed by atoms with E-state index in [0.29, 0.717) is 22.6 Å². The molecular formula is C25H26FN3O2S. The maximum atomic E-state index is 15.2. The van der Waals surface area contributed by atoms with Crippen LogP contribution < -0.4 is 5.73 Å². The zero-order chi connectivity index (χ0) is 22.7. The Bertz CT molecular complexity index is 1220. The highest BCUT2D eigenvalue weighted by atomic mass is 32.2. The largest absolute Gasteiger partial charge is 0.452 e. The minimum absolute atomic E-state index is 0.202. The zero-order valence-electron chi connectivity index (χ0n) is 18.1. The van der Waals surface area contributed by atoms with E-state index < -0.39 is 11.4 Å². The number of furan rings is 1. The Kier molecular flexibility index (Phi) is 6.60. The molecule has 4 rings (SSSR count). The molecule has 0 spiro atoms. The molecular weight excluding hydrogens is 425 g/mol. The number of thioether (sulfide) groups is 1. The van der Waals surface area contributed by atoms with Gasteiger partial charge in [0.2, 0.25) is 0 Å². The molecule has 0 fully saturated rings. The highest BCUT2D eigenvalue weighted by molar-refractivity contribution is 7.99. The van der Waals surface area contributed by atoms with Crippen molar-refractivity contribution in [2.75, 3.05) is 12.3 Å². The van der Waals surface area contributed by atoms with Gasteiger partial charge in [-0.3, -0.25) is 0 Å². The molecule has 0 aliphatic heterocycles. The molecule has 0 atom stereocenters. The molecule has 5 nitrogen and oxygen atoms in total. The van der Waals surface area contributed by atoms with E-state index in [2.05, 4.69) is 22.1 Å². The van der Waals surface area contributed by atoms with Crippen LogP contribution in [0.3, 0.4) is 0 Å². The fourth-order valence-corrected chi connectivity index (χ4v) is 4.44. The number of benzene rings is 2. The number of aliphatic hydroxyl groups is 1. The van der Waals surface area contributed by atoms with Crippen molar-refractivity contribution in [2.24, 2.45) is 5.73 Å². The van der Waals surface area contributed by atoms with Gasteiger partial charge in [0.15, 0.2) is 5.58 Å². The Balaban J connectivity index is 1.67. The molecule has 7 heteroatoms. The first-order valence-electron chi connectivity index (χ1n) is 10.6. The predicted octanol–water partition coefficient (Wildman–Crippen LogP) is 5.75. The SMILES string of the molecule is CC(C)(O)c1cccc(-c2ncnc3cc(-c4ccc(SCCCCN)cc4)oc23)c1F. The summed E-state index contributed by atoms with van der Waals surface area (Å²) in [7, 11) is 0. The van der Waals surface area contributed by atoms with Gasteiger partial charge in [-0.15, -0.1) is 11.8 Å². The van der Waals surface area contributed by atoms with Crippen molar-refractivity contribution in [3.8, 4) is 22.6 Å². The third-order valence-corrected chi connectivity index (χ3v) is 6.33.